The molecule has 1 aromatic rings. The molecule has 0 amide bonds. The van der Waals surface area contributed by atoms with Crippen LogP contribution in [0.15, 0.2) is 22.7 Å². The SMILES string of the molecule is C#CCCOc1ccc(Br)c(CN)c1. The lowest BCUT2D eigenvalue weighted by molar-refractivity contribution is 0.327. The summed E-state index contributed by atoms with van der Waals surface area (Å²) in [6, 6.07) is 5.73. The highest BCUT2D eigenvalue weighted by Crippen LogP contribution is 2.22. The maximum atomic E-state index is 5.56. The highest BCUT2D eigenvalue weighted by atomic mass is 79.9. The van der Waals surface area contributed by atoms with Gasteiger partial charge in [-0.15, -0.1) is 12.3 Å². The van der Waals surface area contributed by atoms with Crippen LogP contribution in [-0.4, -0.2) is 6.61 Å². The Morgan fingerprint density at radius 2 is 2.29 bits per heavy atom. The van der Waals surface area contributed by atoms with Crippen molar-refractivity contribution < 1.29 is 4.74 Å². The Labute approximate surface area is 92.6 Å². The minimum atomic E-state index is 0.493. The van der Waals surface area contributed by atoms with E-state index in [1.165, 1.54) is 0 Å². The minimum absolute atomic E-state index is 0.493. The number of terminal acetylenes is 1. The van der Waals surface area contributed by atoms with Crippen molar-refractivity contribution in [3.63, 3.8) is 0 Å². The molecular formula is C11H12BrNO. The molecule has 1 aromatic carbocycles. The van der Waals surface area contributed by atoms with Gasteiger partial charge in [-0.3, -0.25) is 0 Å². The third kappa shape index (κ3) is 3.06. The molecule has 74 valence electrons. The van der Waals surface area contributed by atoms with Crippen molar-refractivity contribution in [2.75, 3.05) is 6.61 Å². The van der Waals surface area contributed by atoms with E-state index < -0.39 is 0 Å². The molecule has 14 heavy (non-hydrogen) atoms. The van der Waals surface area contributed by atoms with E-state index in [0.29, 0.717) is 19.6 Å². The molecule has 0 saturated heterocycles. The average molecular weight is 254 g/mol. The predicted molar refractivity (Wildman–Crippen MR) is 61.0 cm³/mol. The Morgan fingerprint density at radius 3 is 2.93 bits per heavy atom. The molecule has 0 aromatic heterocycles. The van der Waals surface area contributed by atoms with Crippen LogP contribution in [0.2, 0.25) is 0 Å². The van der Waals surface area contributed by atoms with Crippen LogP contribution in [0.5, 0.6) is 5.75 Å². The van der Waals surface area contributed by atoms with Crippen LogP contribution in [0, 0.1) is 12.3 Å². The van der Waals surface area contributed by atoms with E-state index in [9.17, 15) is 0 Å². The van der Waals surface area contributed by atoms with E-state index in [-0.39, 0.29) is 0 Å². The van der Waals surface area contributed by atoms with E-state index in [1.54, 1.807) is 0 Å². The van der Waals surface area contributed by atoms with Gasteiger partial charge in [0.1, 0.15) is 5.75 Å². The first-order valence-electron chi connectivity index (χ1n) is 4.32. The molecule has 0 heterocycles. The van der Waals surface area contributed by atoms with Crippen molar-refractivity contribution in [3.05, 3.63) is 28.2 Å². The van der Waals surface area contributed by atoms with Gasteiger partial charge in [-0.25, -0.2) is 0 Å². The number of rotatable bonds is 4. The van der Waals surface area contributed by atoms with Gasteiger partial charge in [0.05, 0.1) is 6.61 Å². The molecule has 3 heteroatoms. The summed E-state index contributed by atoms with van der Waals surface area (Å²) in [7, 11) is 0. The third-order valence-corrected chi connectivity index (χ3v) is 2.53. The average Bonchev–Trinajstić information content (AvgIpc) is 2.21. The van der Waals surface area contributed by atoms with Gasteiger partial charge in [-0.2, -0.15) is 0 Å². The molecule has 0 bridgehead atoms. The molecule has 0 saturated carbocycles. The summed E-state index contributed by atoms with van der Waals surface area (Å²) in [4.78, 5) is 0. The van der Waals surface area contributed by atoms with E-state index in [1.807, 2.05) is 18.2 Å². The van der Waals surface area contributed by atoms with Gasteiger partial charge in [0.15, 0.2) is 0 Å². The fourth-order valence-electron chi connectivity index (χ4n) is 1.03. The monoisotopic (exact) mass is 253 g/mol. The maximum Gasteiger partial charge on any atom is 0.119 e. The molecule has 0 aliphatic heterocycles. The first-order chi connectivity index (χ1) is 6.77. The molecule has 0 aliphatic rings. The summed E-state index contributed by atoms with van der Waals surface area (Å²) in [5.41, 5.74) is 6.59. The topological polar surface area (TPSA) is 35.2 Å². The molecule has 1 rings (SSSR count). The standard InChI is InChI=1S/C11H12BrNO/c1-2-3-6-14-10-4-5-11(12)9(7-10)8-13/h1,4-5,7H,3,6,8,13H2. The van der Waals surface area contributed by atoms with Gasteiger partial charge < -0.3 is 10.5 Å². The molecular weight excluding hydrogens is 242 g/mol. The lowest BCUT2D eigenvalue weighted by Gasteiger charge is -2.07. The van der Waals surface area contributed by atoms with E-state index in [0.717, 1.165) is 15.8 Å². The number of halogens is 1. The zero-order valence-corrected chi connectivity index (χ0v) is 9.38. The summed E-state index contributed by atoms with van der Waals surface area (Å²) < 4.78 is 6.43. The lowest BCUT2D eigenvalue weighted by atomic mass is 10.2. The van der Waals surface area contributed by atoms with Crippen LogP contribution in [0.1, 0.15) is 12.0 Å². The maximum absolute atomic E-state index is 5.56. The van der Waals surface area contributed by atoms with Crippen molar-refractivity contribution in [2.24, 2.45) is 5.73 Å². The van der Waals surface area contributed by atoms with Gasteiger partial charge in [0.2, 0.25) is 0 Å². The van der Waals surface area contributed by atoms with Crippen LogP contribution >= 0.6 is 15.9 Å². The lowest BCUT2D eigenvalue weighted by Crippen LogP contribution is -2.00. The molecule has 0 fully saturated rings. The Kier molecular flexibility index (Phi) is 4.51. The van der Waals surface area contributed by atoms with Gasteiger partial charge >= 0.3 is 0 Å². The summed E-state index contributed by atoms with van der Waals surface area (Å²) in [6.07, 6.45) is 5.73. The summed E-state index contributed by atoms with van der Waals surface area (Å²) >= 11 is 3.40. The Morgan fingerprint density at radius 1 is 1.50 bits per heavy atom. The van der Waals surface area contributed by atoms with E-state index in [2.05, 4.69) is 21.9 Å². The zero-order chi connectivity index (χ0) is 10.4. The highest BCUT2D eigenvalue weighted by Gasteiger charge is 2.00. The predicted octanol–water partition coefficient (Wildman–Crippen LogP) is 2.31. The fourth-order valence-corrected chi connectivity index (χ4v) is 1.43. The molecule has 2 nitrogen and oxygen atoms in total. The third-order valence-electron chi connectivity index (χ3n) is 1.75. The van der Waals surface area contributed by atoms with Crippen molar-refractivity contribution in [3.8, 4) is 18.1 Å². The first kappa shape index (κ1) is 11.1. The van der Waals surface area contributed by atoms with Gasteiger partial charge in [0, 0.05) is 17.4 Å². The van der Waals surface area contributed by atoms with Crippen LogP contribution in [0.3, 0.4) is 0 Å². The number of ether oxygens (including phenoxy) is 1. The second-order valence-electron chi connectivity index (χ2n) is 2.76. The number of hydrogen-bond donors (Lipinski definition) is 1. The van der Waals surface area contributed by atoms with Gasteiger partial charge in [0.25, 0.3) is 0 Å². The molecule has 0 spiro atoms. The summed E-state index contributed by atoms with van der Waals surface area (Å²) in [5.74, 6) is 3.33. The highest BCUT2D eigenvalue weighted by molar-refractivity contribution is 9.10. The summed E-state index contributed by atoms with van der Waals surface area (Å²) in [6.45, 7) is 1.04. The minimum Gasteiger partial charge on any atom is -0.493 e. The summed E-state index contributed by atoms with van der Waals surface area (Å²) in [5, 5.41) is 0. The van der Waals surface area contributed by atoms with Gasteiger partial charge in [-0.05, 0) is 23.8 Å². The quantitative estimate of drug-likeness (QED) is 0.661. The Hall–Kier alpha value is -0.980. The molecule has 0 atom stereocenters. The zero-order valence-electron chi connectivity index (χ0n) is 7.79. The number of benzene rings is 1. The fraction of sp³-hybridized carbons (Fsp3) is 0.273. The smallest absolute Gasteiger partial charge is 0.119 e. The van der Waals surface area contributed by atoms with Crippen LogP contribution in [-0.2, 0) is 6.54 Å². The Bertz CT molecular complexity index is 344. The van der Waals surface area contributed by atoms with Gasteiger partial charge in [-0.1, -0.05) is 15.9 Å². The second kappa shape index (κ2) is 5.69. The van der Waals surface area contributed by atoms with Crippen LogP contribution in [0.25, 0.3) is 0 Å². The first-order valence-corrected chi connectivity index (χ1v) is 5.12. The van der Waals surface area contributed by atoms with Crippen LogP contribution in [0.4, 0.5) is 0 Å². The Balaban J connectivity index is 2.65. The van der Waals surface area contributed by atoms with Crippen molar-refractivity contribution in [1.29, 1.82) is 0 Å². The van der Waals surface area contributed by atoms with Crippen LogP contribution < -0.4 is 10.5 Å². The van der Waals surface area contributed by atoms with Crippen molar-refractivity contribution in [2.45, 2.75) is 13.0 Å². The molecule has 0 aliphatic carbocycles. The normalized spacial score (nSPS) is 9.50. The number of nitrogens with two attached hydrogens (primary N) is 1. The second-order valence-corrected chi connectivity index (χ2v) is 3.61. The molecule has 2 N–H and O–H groups in total. The number of hydrogen-bond acceptors (Lipinski definition) is 2. The van der Waals surface area contributed by atoms with E-state index in [4.69, 9.17) is 16.9 Å². The largest absolute Gasteiger partial charge is 0.493 e. The molecule has 0 radical (unpaired) electrons. The van der Waals surface area contributed by atoms with Crippen molar-refractivity contribution >= 4 is 15.9 Å². The van der Waals surface area contributed by atoms with E-state index >= 15 is 0 Å². The molecule has 0 unspecified atom stereocenters. The van der Waals surface area contributed by atoms with Crippen molar-refractivity contribution in [1.82, 2.24) is 0 Å².